The summed E-state index contributed by atoms with van der Waals surface area (Å²) in [6, 6.07) is 2.51. The first kappa shape index (κ1) is 9.27. The highest BCUT2D eigenvalue weighted by Gasteiger charge is 2.20. The summed E-state index contributed by atoms with van der Waals surface area (Å²) in [6.45, 7) is 0.627. The number of amides is 1. The van der Waals surface area contributed by atoms with Crippen LogP contribution >= 0.6 is 11.6 Å². The molecule has 2 rings (SSSR count). The molecular formula is C9H7ClFNO2. The average molecular weight is 216 g/mol. The van der Waals surface area contributed by atoms with Gasteiger partial charge in [-0.25, -0.2) is 4.39 Å². The molecule has 0 radical (unpaired) electrons. The molecule has 0 saturated heterocycles. The molecule has 0 aliphatic carbocycles. The van der Waals surface area contributed by atoms with Gasteiger partial charge >= 0.3 is 0 Å². The topological polar surface area (TPSA) is 38.3 Å². The second-order valence-electron chi connectivity index (χ2n) is 2.87. The number of hydrogen-bond donors (Lipinski definition) is 1. The molecule has 14 heavy (non-hydrogen) atoms. The number of carbonyl (C=O) groups is 1. The fraction of sp³-hybridized carbons (Fsp3) is 0.222. The summed E-state index contributed by atoms with van der Waals surface area (Å²) < 4.78 is 18.4. The van der Waals surface area contributed by atoms with E-state index in [1.807, 2.05) is 0 Å². The Morgan fingerprint density at radius 1 is 1.50 bits per heavy atom. The molecule has 3 nitrogen and oxygen atoms in total. The molecule has 0 spiro atoms. The zero-order chi connectivity index (χ0) is 10.1. The van der Waals surface area contributed by atoms with E-state index >= 15 is 0 Å². The van der Waals surface area contributed by atoms with Crippen LogP contribution in [0.4, 0.5) is 4.39 Å². The van der Waals surface area contributed by atoms with Gasteiger partial charge in [-0.2, -0.15) is 0 Å². The third-order valence-corrected chi connectivity index (χ3v) is 2.11. The number of rotatable bonds is 0. The summed E-state index contributed by atoms with van der Waals surface area (Å²) in [6.07, 6.45) is 0. The summed E-state index contributed by atoms with van der Waals surface area (Å²) in [7, 11) is 0. The third kappa shape index (κ3) is 1.53. The number of benzene rings is 1. The first-order valence-corrected chi connectivity index (χ1v) is 4.46. The number of halogens is 2. The Bertz CT molecular complexity index is 395. The maximum absolute atomic E-state index is 13.3. The summed E-state index contributed by atoms with van der Waals surface area (Å²) in [4.78, 5) is 11.4. The molecule has 1 amide bonds. The van der Waals surface area contributed by atoms with E-state index in [-0.39, 0.29) is 28.8 Å². The maximum Gasteiger partial charge on any atom is 0.255 e. The van der Waals surface area contributed by atoms with Crippen LogP contribution in [0.3, 0.4) is 0 Å². The Morgan fingerprint density at radius 3 is 3.07 bits per heavy atom. The Balaban J connectivity index is 2.58. The molecule has 0 unspecified atom stereocenters. The number of fused-ring (bicyclic) bond motifs is 1. The number of ether oxygens (including phenoxy) is 1. The van der Waals surface area contributed by atoms with E-state index < -0.39 is 5.82 Å². The van der Waals surface area contributed by atoms with E-state index in [0.717, 1.165) is 6.07 Å². The van der Waals surface area contributed by atoms with E-state index in [1.54, 1.807) is 0 Å². The molecular weight excluding hydrogens is 209 g/mol. The lowest BCUT2D eigenvalue weighted by Gasteiger charge is -2.06. The van der Waals surface area contributed by atoms with Crippen LogP contribution in [-0.2, 0) is 0 Å². The molecule has 1 aromatic rings. The fourth-order valence-electron chi connectivity index (χ4n) is 1.29. The van der Waals surface area contributed by atoms with Gasteiger partial charge in [0.25, 0.3) is 5.91 Å². The quantitative estimate of drug-likeness (QED) is 0.714. The van der Waals surface area contributed by atoms with Gasteiger partial charge in [0.15, 0.2) is 11.6 Å². The summed E-state index contributed by atoms with van der Waals surface area (Å²) in [5.74, 6) is -0.993. The highest BCUT2D eigenvalue weighted by Crippen LogP contribution is 2.27. The van der Waals surface area contributed by atoms with Crippen molar-refractivity contribution < 1.29 is 13.9 Å². The van der Waals surface area contributed by atoms with Crippen LogP contribution in [-0.4, -0.2) is 19.1 Å². The van der Waals surface area contributed by atoms with Gasteiger partial charge in [-0.3, -0.25) is 4.79 Å². The lowest BCUT2D eigenvalue weighted by molar-refractivity contribution is 0.0957. The highest BCUT2D eigenvalue weighted by molar-refractivity contribution is 6.31. The van der Waals surface area contributed by atoms with Crippen LogP contribution in [0.15, 0.2) is 12.1 Å². The molecule has 0 aromatic heterocycles. The second kappa shape index (κ2) is 3.46. The monoisotopic (exact) mass is 215 g/mol. The van der Waals surface area contributed by atoms with Gasteiger partial charge in [-0.05, 0) is 12.1 Å². The van der Waals surface area contributed by atoms with Crippen molar-refractivity contribution in [2.75, 3.05) is 13.2 Å². The number of carbonyl (C=O) groups excluding carboxylic acids is 1. The molecule has 1 aliphatic rings. The minimum absolute atomic E-state index is 0.0237. The van der Waals surface area contributed by atoms with Gasteiger partial charge in [-0.1, -0.05) is 11.6 Å². The normalized spacial score (nSPS) is 15.1. The SMILES string of the molecule is O=C1NCCOc2c(F)cc(Cl)cc21. The minimum Gasteiger partial charge on any atom is -0.488 e. The van der Waals surface area contributed by atoms with E-state index in [9.17, 15) is 9.18 Å². The lowest BCUT2D eigenvalue weighted by Crippen LogP contribution is -2.24. The third-order valence-electron chi connectivity index (χ3n) is 1.89. The van der Waals surface area contributed by atoms with Crippen LogP contribution in [0.1, 0.15) is 10.4 Å². The minimum atomic E-state index is -0.607. The van der Waals surface area contributed by atoms with Crippen molar-refractivity contribution in [3.63, 3.8) is 0 Å². The average Bonchev–Trinajstić information content (AvgIpc) is 2.29. The predicted molar refractivity (Wildman–Crippen MR) is 49.2 cm³/mol. The lowest BCUT2D eigenvalue weighted by atomic mass is 10.2. The summed E-state index contributed by atoms with van der Waals surface area (Å²) in [5.41, 5.74) is 0.146. The standard InChI is InChI=1S/C9H7ClFNO2/c10-5-3-6-8(7(11)4-5)14-2-1-12-9(6)13/h3-4H,1-2H2,(H,12,13). The van der Waals surface area contributed by atoms with Gasteiger partial charge in [-0.15, -0.1) is 0 Å². The van der Waals surface area contributed by atoms with Gasteiger partial charge in [0.05, 0.1) is 12.1 Å². The molecule has 1 aromatic carbocycles. The molecule has 0 atom stereocenters. The van der Waals surface area contributed by atoms with E-state index in [0.29, 0.717) is 6.54 Å². The first-order chi connectivity index (χ1) is 6.68. The van der Waals surface area contributed by atoms with Gasteiger partial charge < -0.3 is 10.1 Å². The molecule has 1 N–H and O–H groups in total. The maximum atomic E-state index is 13.3. The zero-order valence-corrected chi connectivity index (χ0v) is 7.90. The predicted octanol–water partition coefficient (Wildman–Crippen LogP) is 1.60. The Morgan fingerprint density at radius 2 is 2.29 bits per heavy atom. The van der Waals surface area contributed by atoms with Gasteiger partial charge in [0, 0.05) is 5.02 Å². The van der Waals surface area contributed by atoms with Gasteiger partial charge in [0.2, 0.25) is 0 Å². The van der Waals surface area contributed by atoms with E-state index in [2.05, 4.69) is 5.32 Å². The Labute approximate surface area is 84.8 Å². The van der Waals surface area contributed by atoms with Crippen molar-refractivity contribution in [3.8, 4) is 5.75 Å². The van der Waals surface area contributed by atoms with E-state index in [1.165, 1.54) is 6.07 Å². The summed E-state index contributed by atoms with van der Waals surface area (Å²) in [5, 5.41) is 2.75. The fourth-order valence-corrected chi connectivity index (χ4v) is 1.49. The smallest absolute Gasteiger partial charge is 0.255 e. The van der Waals surface area contributed by atoms with Crippen molar-refractivity contribution in [2.45, 2.75) is 0 Å². The van der Waals surface area contributed by atoms with Crippen LogP contribution in [0.25, 0.3) is 0 Å². The van der Waals surface area contributed by atoms with Crippen LogP contribution < -0.4 is 10.1 Å². The molecule has 1 aliphatic heterocycles. The van der Waals surface area contributed by atoms with Crippen molar-refractivity contribution in [2.24, 2.45) is 0 Å². The Kier molecular flexibility index (Phi) is 2.29. The van der Waals surface area contributed by atoms with Crippen molar-refractivity contribution in [1.82, 2.24) is 5.32 Å². The molecule has 0 bridgehead atoms. The molecule has 5 heteroatoms. The molecule has 0 fully saturated rings. The first-order valence-electron chi connectivity index (χ1n) is 4.08. The van der Waals surface area contributed by atoms with Gasteiger partial charge in [0.1, 0.15) is 6.61 Å². The molecule has 1 heterocycles. The van der Waals surface area contributed by atoms with Crippen LogP contribution in [0.2, 0.25) is 5.02 Å². The summed E-state index contributed by atoms with van der Waals surface area (Å²) >= 11 is 5.62. The van der Waals surface area contributed by atoms with Crippen molar-refractivity contribution in [3.05, 3.63) is 28.5 Å². The van der Waals surface area contributed by atoms with Crippen molar-refractivity contribution >= 4 is 17.5 Å². The Hall–Kier alpha value is -1.29. The van der Waals surface area contributed by atoms with E-state index in [4.69, 9.17) is 16.3 Å². The largest absolute Gasteiger partial charge is 0.488 e. The molecule has 0 saturated carbocycles. The highest BCUT2D eigenvalue weighted by atomic mass is 35.5. The van der Waals surface area contributed by atoms with Crippen LogP contribution in [0.5, 0.6) is 5.75 Å². The zero-order valence-electron chi connectivity index (χ0n) is 7.14. The number of nitrogens with one attached hydrogen (secondary N) is 1. The van der Waals surface area contributed by atoms with Crippen molar-refractivity contribution in [1.29, 1.82) is 0 Å². The number of hydrogen-bond acceptors (Lipinski definition) is 2. The second-order valence-corrected chi connectivity index (χ2v) is 3.31. The molecule has 74 valence electrons. The van der Waals surface area contributed by atoms with Crippen LogP contribution in [0, 0.1) is 5.82 Å².